The summed E-state index contributed by atoms with van der Waals surface area (Å²) in [5.41, 5.74) is 8.63. The fourth-order valence-electron chi connectivity index (χ4n) is 2.22. The fraction of sp³-hybridized carbons (Fsp3) is 0.600. The molecule has 9 nitrogen and oxygen atoms in total. The number of nitrogens with zero attached hydrogens (tertiary/aromatic N) is 4. The van der Waals surface area contributed by atoms with Gasteiger partial charge < -0.3 is 9.84 Å². The van der Waals surface area contributed by atoms with E-state index in [4.69, 9.17) is 15.4 Å². The number of hydrogen-bond acceptors (Lipinski definition) is 5. The van der Waals surface area contributed by atoms with E-state index in [9.17, 15) is 9.59 Å². The molecule has 2 N–H and O–H groups in total. The molecule has 0 aromatic heterocycles. The van der Waals surface area contributed by atoms with E-state index in [1.165, 1.54) is 11.0 Å². The second-order valence-electron chi connectivity index (χ2n) is 4.12. The molecular formula is C10H13N5O4. The quantitative estimate of drug-likeness (QED) is 0.249. The highest BCUT2D eigenvalue weighted by molar-refractivity contribution is 6.11. The largest absolute Gasteiger partial charge is 0.394 e. The number of carbonyl (C=O) groups excluding carboxylic acids is 2. The predicted molar refractivity (Wildman–Crippen MR) is 62.4 cm³/mol. The molecule has 2 heterocycles. The van der Waals surface area contributed by atoms with E-state index >= 15 is 0 Å². The van der Waals surface area contributed by atoms with Crippen molar-refractivity contribution in [3.05, 3.63) is 22.2 Å². The molecule has 102 valence electrons. The van der Waals surface area contributed by atoms with Crippen LogP contribution in [0.3, 0.4) is 0 Å². The van der Waals surface area contributed by atoms with Gasteiger partial charge in [0.05, 0.1) is 18.8 Å². The number of hydrogen-bond donors (Lipinski definition) is 2. The van der Waals surface area contributed by atoms with Crippen molar-refractivity contribution in [1.29, 1.82) is 0 Å². The predicted octanol–water partition coefficient (Wildman–Crippen LogP) is 0.228. The number of aliphatic hydroxyl groups excluding tert-OH is 1. The number of ether oxygens (including phenoxy) is 1. The number of allylic oxidation sites excluding steroid dienone is 1. The van der Waals surface area contributed by atoms with Crippen molar-refractivity contribution in [2.24, 2.45) is 5.11 Å². The maximum atomic E-state index is 11.7. The van der Waals surface area contributed by atoms with E-state index in [1.807, 2.05) is 0 Å². The molecule has 9 heteroatoms. The van der Waals surface area contributed by atoms with Gasteiger partial charge in [0.2, 0.25) is 0 Å². The number of nitrogens with one attached hydrogen (secondary N) is 1. The van der Waals surface area contributed by atoms with Crippen molar-refractivity contribution in [1.82, 2.24) is 10.2 Å². The number of carbonyl (C=O) groups is 2. The zero-order valence-electron chi connectivity index (χ0n) is 10.2. The van der Waals surface area contributed by atoms with Gasteiger partial charge in [-0.05, 0) is 12.5 Å². The van der Waals surface area contributed by atoms with E-state index in [0.717, 1.165) is 0 Å². The number of urea groups is 1. The van der Waals surface area contributed by atoms with Crippen LogP contribution in [0.15, 0.2) is 16.9 Å². The molecule has 19 heavy (non-hydrogen) atoms. The average Bonchev–Trinajstić information content (AvgIpc) is 2.90. The van der Waals surface area contributed by atoms with Crippen LogP contribution in [0.1, 0.15) is 13.3 Å². The summed E-state index contributed by atoms with van der Waals surface area (Å²) in [5.74, 6) is -0.496. The third kappa shape index (κ3) is 2.26. The van der Waals surface area contributed by atoms with Gasteiger partial charge in [-0.1, -0.05) is 11.2 Å². The number of aliphatic hydroxyl groups is 1. The molecule has 2 aliphatic heterocycles. The second-order valence-corrected chi connectivity index (χ2v) is 4.12. The molecule has 0 bridgehead atoms. The van der Waals surface area contributed by atoms with Crippen LogP contribution < -0.4 is 5.32 Å². The first-order chi connectivity index (χ1) is 9.12. The lowest BCUT2D eigenvalue weighted by Crippen LogP contribution is -2.37. The van der Waals surface area contributed by atoms with Gasteiger partial charge in [0.1, 0.15) is 11.9 Å². The maximum absolute atomic E-state index is 11.7. The van der Waals surface area contributed by atoms with Crippen LogP contribution in [-0.4, -0.2) is 46.9 Å². The van der Waals surface area contributed by atoms with Gasteiger partial charge >= 0.3 is 6.03 Å². The van der Waals surface area contributed by atoms with E-state index in [2.05, 4.69) is 15.3 Å². The second kappa shape index (κ2) is 5.27. The minimum atomic E-state index is -0.731. The first-order valence-electron chi connectivity index (χ1n) is 5.73. The van der Waals surface area contributed by atoms with Gasteiger partial charge in [0.15, 0.2) is 0 Å². The number of amides is 3. The summed E-state index contributed by atoms with van der Waals surface area (Å²) < 4.78 is 5.47. The molecule has 2 aliphatic rings. The van der Waals surface area contributed by atoms with Crippen LogP contribution >= 0.6 is 0 Å². The lowest BCUT2D eigenvalue weighted by molar-refractivity contribution is -0.116. The number of rotatable bonds is 3. The molecule has 2 saturated heterocycles. The van der Waals surface area contributed by atoms with Crippen LogP contribution in [0.5, 0.6) is 0 Å². The lowest BCUT2D eigenvalue weighted by Gasteiger charge is -2.22. The minimum Gasteiger partial charge on any atom is -0.394 e. The average molecular weight is 267 g/mol. The lowest BCUT2D eigenvalue weighted by atomic mass is 10.1. The Morgan fingerprint density at radius 1 is 1.68 bits per heavy atom. The van der Waals surface area contributed by atoms with Crippen LogP contribution in [0.25, 0.3) is 10.4 Å². The Morgan fingerprint density at radius 3 is 3.00 bits per heavy atom. The minimum absolute atomic E-state index is 0.188. The molecular weight excluding hydrogens is 254 g/mol. The summed E-state index contributed by atoms with van der Waals surface area (Å²) in [4.78, 5) is 27.1. The Balaban J connectivity index is 2.21. The Kier molecular flexibility index (Phi) is 3.70. The number of imide groups is 1. The van der Waals surface area contributed by atoms with E-state index in [-0.39, 0.29) is 18.7 Å². The molecule has 0 spiro atoms. The maximum Gasteiger partial charge on any atom is 0.331 e. The van der Waals surface area contributed by atoms with Gasteiger partial charge in [0.25, 0.3) is 5.91 Å². The molecule has 0 aliphatic carbocycles. The summed E-state index contributed by atoms with van der Waals surface area (Å²) in [6, 6.07) is -1.15. The SMILES string of the molecule is C/C=C1/C(=O)NC(=O)N1[C@H]1C[C@H](N=[N+]=[N-])[C@@H](CO)O1. The molecule has 2 fully saturated rings. The Bertz CT molecular complexity index is 484. The van der Waals surface area contributed by atoms with Gasteiger partial charge in [-0.15, -0.1) is 0 Å². The highest BCUT2D eigenvalue weighted by atomic mass is 16.5. The summed E-state index contributed by atoms with van der Waals surface area (Å²) in [7, 11) is 0. The number of azide groups is 1. The highest BCUT2D eigenvalue weighted by Crippen LogP contribution is 2.30. The smallest absolute Gasteiger partial charge is 0.331 e. The van der Waals surface area contributed by atoms with Gasteiger partial charge in [-0.2, -0.15) is 0 Å². The monoisotopic (exact) mass is 267 g/mol. The Hall–Kier alpha value is -2.09. The van der Waals surface area contributed by atoms with Crippen LogP contribution in [0.2, 0.25) is 0 Å². The fourth-order valence-corrected chi connectivity index (χ4v) is 2.22. The molecule has 0 saturated carbocycles. The molecule has 0 radical (unpaired) electrons. The topological polar surface area (TPSA) is 128 Å². The van der Waals surface area contributed by atoms with E-state index in [1.54, 1.807) is 6.92 Å². The Morgan fingerprint density at radius 2 is 2.42 bits per heavy atom. The third-order valence-corrected chi connectivity index (χ3v) is 3.08. The third-order valence-electron chi connectivity index (χ3n) is 3.08. The molecule has 0 aromatic rings. The molecule has 3 atom stereocenters. The van der Waals surface area contributed by atoms with Crippen molar-refractivity contribution in [2.75, 3.05) is 6.61 Å². The zero-order chi connectivity index (χ0) is 14.0. The van der Waals surface area contributed by atoms with Crippen molar-refractivity contribution in [3.63, 3.8) is 0 Å². The van der Waals surface area contributed by atoms with Gasteiger partial charge in [-0.25, -0.2) is 4.79 Å². The molecule has 0 aromatic carbocycles. The van der Waals surface area contributed by atoms with Crippen molar-refractivity contribution >= 4 is 11.9 Å². The summed E-state index contributed by atoms with van der Waals surface area (Å²) in [6.45, 7) is 1.30. The van der Waals surface area contributed by atoms with Crippen LogP contribution in [0, 0.1) is 0 Å². The standard InChI is InChI=1S/C10H13N5O4/c1-2-6-9(17)12-10(18)15(6)8-3-5(13-14-11)7(4-16)19-8/h2,5,7-8,16H,3-4H2,1H3,(H,12,17,18)/b6-2-/t5-,7+,8+/m0/s1. The van der Waals surface area contributed by atoms with E-state index < -0.39 is 30.3 Å². The van der Waals surface area contributed by atoms with Crippen molar-refractivity contribution in [2.45, 2.75) is 31.7 Å². The van der Waals surface area contributed by atoms with Gasteiger partial charge in [0, 0.05) is 11.3 Å². The van der Waals surface area contributed by atoms with E-state index in [0.29, 0.717) is 0 Å². The molecule has 3 amide bonds. The van der Waals surface area contributed by atoms with Crippen molar-refractivity contribution < 1.29 is 19.4 Å². The van der Waals surface area contributed by atoms with Crippen LogP contribution in [0.4, 0.5) is 4.79 Å². The zero-order valence-corrected chi connectivity index (χ0v) is 10.2. The summed E-state index contributed by atoms with van der Waals surface area (Å²) in [5, 5.41) is 14.8. The molecule has 0 unspecified atom stereocenters. The first-order valence-corrected chi connectivity index (χ1v) is 5.73. The summed E-state index contributed by atoms with van der Waals surface area (Å²) in [6.07, 6.45) is 0.318. The van der Waals surface area contributed by atoms with Crippen LogP contribution in [-0.2, 0) is 9.53 Å². The highest BCUT2D eigenvalue weighted by Gasteiger charge is 2.44. The molecule has 2 rings (SSSR count). The van der Waals surface area contributed by atoms with Gasteiger partial charge in [-0.3, -0.25) is 15.0 Å². The van der Waals surface area contributed by atoms with Crippen molar-refractivity contribution in [3.8, 4) is 0 Å². The summed E-state index contributed by atoms with van der Waals surface area (Å²) >= 11 is 0. The Labute approximate surface area is 108 Å². The normalized spacial score (nSPS) is 32.6. The first kappa shape index (κ1) is 13.3.